The van der Waals surface area contributed by atoms with Crippen LogP contribution in [0.15, 0.2) is 24.3 Å². The summed E-state index contributed by atoms with van der Waals surface area (Å²) in [7, 11) is 0. The Morgan fingerprint density at radius 1 is 0.294 bits per heavy atom. The number of carbonyl (C=O) groups excluding carboxylic acids is 3. The number of ether oxygens (including phenoxy) is 3. The van der Waals surface area contributed by atoms with Crippen molar-refractivity contribution in [3.8, 4) is 0 Å². The molecular weight excluding hydrogens is 841 g/mol. The molecule has 1 atom stereocenters. The Morgan fingerprint density at radius 2 is 0.529 bits per heavy atom. The summed E-state index contributed by atoms with van der Waals surface area (Å²) < 4.78 is 16.9. The van der Waals surface area contributed by atoms with Crippen LogP contribution >= 0.6 is 0 Å². The molecule has 0 rings (SSSR count). The molecule has 0 saturated heterocycles. The van der Waals surface area contributed by atoms with Gasteiger partial charge in [-0.3, -0.25) is 14.4 Å². The number of allylic oxidation sites excluding steroid dienone is 4. The van der Waals surface area contributed by atoms with Gasteiger partial charge in [-0.05, 0) is 51.4 Å². The van der Waals surface area contributed by atoms with Crippen molar-refractivity contribution in [3.05, 3.63) is 24.3 Å². The molecule has 0 aliphatic rings. The van der Waals surface area contributed by atoms with Crippen molar-refractivity contribution in [1.29, 1.82) is 0 Å². The van der Waals surface area contributed by atoms with Crippen LogP contribution in [0.3, 0.4) is 0 Å². The van der Waals surface area contributed by atoms with E-state index in [2.05, 4.69) is 45.1 Å². The van der Waals surface area contributed by atoms with Crippen molar-refractivity contribution >= 4 is 17.9 Å². The normalized spacial score (nSPS) is 12.1. The summed E-state index contributed by atoms with van der Waals surface area (Å²) in [6, 6.07) is 0. The Bertz CT molecular complexity index is 1100. The predicted molar refractivity (Wildman–Crippen MR) is 293 cm³/mol. The van der Waals surface area contributed by atoms with Crippen LogP contribution in [0, 0.1) is 0 Å². The molecule has 68 heavy (non-hydrogen) atoms. The number of carbonyl (C=O) groups is 3. The first-order valence-corrected chi connectivity index (χ1v) is 30.3. The van der Waals surface area contributed by atoms with Crippen LogP contribution in [0.2, 0.25) is 0 Å². The Kier molecular flexibility index (Phi) is 55.7. The van der Waals surface area contributed by atoms with Gasteiger partial charge in [-0.2, -0.15) is 0 Å². The van der Waals surface area contributed by atoms with Gasteiger partial charge in [-0.15, -0.1) is 0 Å². The molecule has 0 fully saturated rings. The van der Waals surface area contributed by atoms with Crippen molar-refractivity contribution in [2.45, 2.75) is 341 Å². The van der Waals surface area contributed by atoms with E-state index >= 15 is 0 Å². The minimum absolute atomic E-state index is 0.0698. The molecule has 0 amide bonds. The highest BCUT2D eigenvalue weighted by Gasteiger charge is 2.19. The van der Waals surface area contributed by atoms with Crippen molar-refractivity contribution in [1.82, 2.24) is 0 Å². The van der Waals surface area contributed by atoms with Crippen LogP contribution in [-0.4, -0.2) is 37.2 Å². The van der Waals surface area contributed by atoms with Crippen LogP contribution in [0.25, 0.3) is 0 Å². The lowest BCUT2D eigenvalue weighted by Crippen LogP contribution is -2.30. The number of hydrogen-bond acceptors (Lipinski definition) is 6. The molecular formula is C62H116O6. The molecule has 1 unspecified atom stereocenters. The molecule has 0 aliphatic heterocycles. The monoisotopic (exact) mass is 957 g/mol. The summed E-state index contributed by atoms with van der Waals surface area (Å²) in [5.41, 5.74) is 0. The van der Waals surface area contributed by atoms with E-state index < -0.39 is 6.10 Å². The van der Waals surface area contributed by atoms with Crippen LogP contribution in [0.4, 0.5) is 0 Å². The molecule has 400 valence electrons. The highest BCUT2D eigenvalue weighted by molar-refractivity contribution is 5.71. The third-order valence-electron chi connectivity index (χ3n) is 13.7. The Labute approximate surface area is 423 Å². The number of esters is 3. The lowest BCUT2D eigenvalue weighted by atomic mass is 10.0. The van der Waals surface area contributed by atoms with Gasteiger partial charge in [0.15, 0.2) is 6.10 Å². The Morgan fingerprint density at radius 3 is 0.838 bits per heavy atom. The minimum Gasteiger partial charge on any atom is -0.462 e. The Hall–Kier alpha value is -2.11. The average molecular weight is 958 g/mol. The standard InChI is InChI=1S/C62H116O6/c1-4-7-10-13-16-19-22-25-28-30-32-34-37-40-43-46-49-52-55-61(64)67-58-59(57-66-60(63)54-51-48-45-42-39-36-33-27-24-21-18-15-12-9-6-3)68-62(65)56-53-50-47-44-41-38-35-31-29-26-23-20-17-14-11-8-5-2/h18,21,27,33,59H,4-17,19-20,22-26,28-32,34-58H2,1-3H3/b21-18-,33-27-. The van der Waals surface area contributed by atoms with E-state index in [-0.39, 0.29) is 31.1 Å². The van der Waals surface area contributed by atoms with Crippen LogP contribution in [0.5, 0.6) is 0 Å². The SMILES string of the molecule is CCCCC/C=C\C/C=C\CCCCCCCC(=O)OCC(COC(=O)CCCCCCCCCCCCCCCCCCCC)OC(=O)CCCCCCCCCCCCCCCCCCC. The molecule has 0 spiro atoms. The molecule has 0 aromatic heterocycles. The lowest BCUT2D eigenvalue weighted by molar-refractivity contribution is -0.167. The van der Waals surface area contributed by atoms with Crippen molar-refractivity contribution in [2.24, 2.45) is 0 Å². The molecule has 0 aromatic carbocycles. The second kappa shape index (κ2) is 57.5. The van der Waals surface area contributed by atoms with Gasteiger partial charge in [0.2, 0.25) is 0 Å². The topological polar surface area (TPSA) is 78.9 Å². The smallest absolute Gasteiger partial charge is 0.306 e. The predicted octanol–water partition coefficient (Wildman–Crippen LogP) is 20.3. The van der Waals surface area contributed by atoms with E-state index in [0.717, 1.165) is 77.0 Å². The summed E-state index contributed by atoms with van der Waals surface area (Å²) in [6.07, 6.45) is 67.4. The number of hydrogen-bond donors (Lipinski definition) is 0. The molecule has 0 aliphatic carbocycles. The largest absolute Gasteiger partial charge is 0.462 e. The van der Waals surface area contributed by atoms with Gasteiger partial charge in [-0.25, -0.2) is 0 Å². The third-order valence-corrected chi connectivity index (χ3v) is 13.7. The number of rotatable bonds is 56. The first kappa shape index (κ1) is 65.9. The Balaban J connectivity index is 4.32. The maximum atomic E-state index is 12.9. The van der Waals surface area contributed by atoms with Crippen LogP contribution in [-0.2, 0) is 28.6 Å². The fourth-order valence-corrected chi connectivity index (χ4v) is 9.12. The molecule has 0 heterocycles. The van der Waals surface area contributed by atoms with Crippen molar-refractivity contribution in [2.75, 3.05) is 13.2 Å². The van der Waals surface area contributed by atoms with Gasteiger partial charge in [0.1, 0.15) is 13.2 Å². The molecule has 0 N–H and O–H groups in total. The second-order valence-corrected chi connectivity index (χ2v) is 20.6. The molecule has 0 saturated carbocycles. The number of unbranched alkanes of at least 4 members (excludes halogenated alkanes) is 41. The first-order valence-electron chi connectivity index (χ1n) is 30.3. The second-order valence-electron chi connectivity index (χ2n) is 20.6. The van der Waals surface area contributed by atoms with Gasteiger partial charge in [0.05, 0.1) is 0 Å². The zero-order valence-corrected chi connectivity index (χ0v) is 45.9. The quantitative estimate of drug-likeness (QED) is 0.0262. The van der Waals surface area contributed by atoms with Crippen molar-refractivity contribution < 1.29 is 28.6 Å². The summed E-state index contributed by atoms with van der Waals surface area (Å²) >= 11 is 0. The summed E-state index contributed by atoms with van der Waals surface area (Å²) in [5.74, 6) is -0.859. The van der Waals surface area contributed by atoms with E-state index in [1.54, 1.807) is 0 Å². The molecule has 0 aromatic rings. The van der Waals surface area contributed by atoms with Gasteiger partial charge < -0.3 is 14.2 Å². The maximum Gasteiger partial charge on any atom is 0.306 e. The van der Waals surface area contributed by atoms with Crippen LogP contribution < -0.4 is 0 Å². The average Bonchev–Trinajstić information content (AvgIpc) is 3.34. The first-order chi connectivity index (χ1) is 33.5. The van der Waals surface area contributed by atoms with E-state index in [1.165, 1.54) is 218 Å². The van der Waals surface area contributed by atoms with E-state index in [1.807, 2.05) is 0 Å². The van der Waals surface area contributed by atoms with E-state index in [9.17, 15) is 14.4 Å². The van der Waals surface area contributed by atoms with E-state index in [4.69, 9.17) is 14.2 Å². The van der Waals surface area contributed by atoms with Crippen LogP contribution in [0.1, 0.15) is 335 Å². The molecule has 6 nitrogen and oxygen atoms in total. The van der Waals surface area contributed by atoms with E-state index in [0.29, 0.717) is 19.3 Å². The van der Waals surface area contributed by atoms with Gasteiger partial charge in [-0.1, -0.05) is 289 Å². The maximum absolute atomic E-state index is 12.9. The van der Waals surface area contributed by atoms with Crippen molar-refractivity contribution in [3.63, 3.8) is 0 Å². The summed E-state index contributed by atoms with van der Waals surface area (Å²) in [6.45, 7) is 6.67. The summed E-state index contributed by atoms with van der Waals surface area (Å²) in [4.78, 5) is 38.2. The zero-order valence-electron chi connectivity index (χ0n) is 45.9. The summed E-state index contributed by atoms with van der Waals surface area (Å²) in [5, 5.41) is 0. The fourth-order valence-electron chi connectivity index (χ4n) is 9.12. The molecule has 0 bridgehead atoms. The molecule has 6 heteroatoms. The lowest BCUT2D eigenvalue weighted by Gasteiger charge is -2.18. The van der Waals surface area contributed by atoms with Gasteiger partial charge in [0.25, 0.3) is 0 Å². The van der Waals surface area contributed by atoms with Gasteiger partial charge >= 0.3 is 17.9 Å². The highest BCUT2D eigenvalue weighted by atomic mass is 16.6. The highest BCUT2D eigenvalue weighted by Crippen LogP contribution is 2.17. The minimum atomic E-state index is -0.772. The fraction of sp³-hybridized carbons (Fsp3) is 0.887. The molecule has 0 radical (unpaired) electrons. The van der Waals surface area contributed by atoms with Gasteiger partial charge in [0, 0.05) is 19.3 Å². The third kappa shape index (κ3) is 54.8. The zero-order chi connectivity index (χ0) is 49.3.